The number of halogens is 2. The van der Waals surface area contributed by atoms with Gasteiger partial charge >= 0.3 is 8.25 Å². The summed E-state index contributed by atoms with van der Waals surface area (Å²) in [6, 6.07) is 12.7. The molecule has 29 heavy (non-hydrogen) atoms. The van der Waals surface area contributed by atoms with Crippen LogP contribution in [0.5, 0.6) is 0 Å². The molecular weight excluding hydrogens is 414 g/mol. The van der Waals surface area contributed by atoms with Crippen molar-refractivity contribution in [2.45, 2.75) is 38.6 Å². The van der Waals surface area contributed by atoms with Gasteiger partial charge in [-0.3, -0.25) is 4.57 Å². The highest BCUT2D eigenvalue weighted by molar-refractivity contribution is 7.32. The van der Waals surface area contributed by atoms with E-state index in [2.05, 4.69) is 15.2 Å². The maximum atomic E-state index is 13.1. The molecule has 0 spiro atoms. The first kappa shape index (κ1) is 23.8. The van der Waals surface area contributed by atoms with Gasteiger partial charge in [-0.05, 0) is 67.6 Å². The van der Waals surface area contributed by atoms with Crippen LogP contribution in [0.3, 0.4) is 0 Å². The molecule has 5 nitrogen and oxygen atoms in total. The summed E-state index contributed by atoms with van der Waals surface area (Å²) in [5, 5.41) is 7.30. The van der Waals surface area contributed by atoms with Gasteiger partial charge in [0, 0.05) is 13.1 Å². The topological polar surface area (TPSA) is 70.6 Å². The van der Waals surface area contributed by atoms with E-state index in [1.54, 1.807) is 12.1 Å². The molecule has 0 radical (unpaired) electrons. The molecule has 0 aliphatic heterocycles. The first-order chi connectivity index (χ1) is 14.0. The molecule has 8 heteroatoms. The minimum atomic E-state index is -2.83. The van der Waals surface area contributed by atoms with Crippen LogP contribution >= 0.6 is 19.9 Å². The smallest absolute Gasteiger partial charge is 0.316 e. The van der Waals surface area contributed by atoms with Crippen molar-refractivity contribution >= 4 is 25.5 Å². The second kappa shape index (κ2) is 13.7. The van der Waals surface area contributed by atoms with E-state index in [0.717, 1.165) is 49.0 Å². The predicted octanol–water partition coefficient (Wildman–Crippen LogP) is 5.18. The quantitative estimate of drug-likeness (QED) is 0.278. The summed E-state index contributed by atoms with van der Waals surface area (Å²) in [6.07, 6.45) is 4.69. The Kier molecular flexibility index (Phi) is 11.3. The molecule has 0 heterocycles. The molecule has 0 fully saturated rings. The summed E-state index contributed by atoms with van der Waals surface area (Å²) in [5.41, 5.74) is 3.04. The molecule has 0 bridgehead atoms. The normalized spacial score (nSPS) is 12.1. The molecular formula is C21H29ClFN2O3P. The fourth-order valence-electron chi connectivity index (χ4n) is 2.95. The number of hydrogen-bond donors (Lipinski definition) is 3. The Morgan fingerprint density at radius 3 is 2.66 bits per heavy atom. The summed E-state index contributed by atoms with van der Waals surface area (Å²) >= 11 is 6.36. The van der Waals surface area contributed by atoms with Crippen molar-refractivity contribution in [1.82, 2.24) is 5.32 Å². The molecule has 2 aromatic carbocycles. The fraction of sp³-hybridized carbons (Fsp3) is 0.429. The minimum absolute atomic E-state index is 0.174. The number of rotatable bonds is 14. The van der Waals surface area contributed by atoms with Crippen LogP contribution < -0.4 is 10.6 Å². The van der Waals surface area contributed by atoms with Gasteiger partial charge in [-0.1, -0.05) is 36.2 Å². The zero-order valence-electron chi connectivity index (χ0n) is 16.4. The van der Waals surface area contributed by atoms with Crippen molar-refractivity contribution in [3.63, 3.8) is 0 Å². The molecule has 0 saturated heterocycles. The second-order valence-electron chi connectivity index (χ2n) is 6.83. The van der Waals surface area contributed by atoms with Crippen molar-refractivity contribution in [2.24, 2.45) is 0 Å². The van der Waals surface area contributed by atoms with E-state index in [4.69, 9.17) is 16.5 Å². The van der Waals surface area contributed by atoms with Gasteiger partial charge in [0.15, 0.2) is 0 Å². The molecule has 0 aromatic heterocycles. The Bertz CT molecular complexity index is 779. The molecule has 1 unspecified atom stereocenters. The monoisotopic (exact) mass is 442 g/mol. The van der Waals surface area contributed by atoms with Crippen LogP contribution in [-0.2, 0) is 22.1 Å². The van der Waals surface area contributed by atoms with Gasteiger partial charge in [-0.25, -0.2) is 4.39 Å². The van der Waals surface area contributed by atoms with Crippen LogP contribution in [0, 0.1) is 5.82 Å². The van der Waals surface area contributed by atoms with Gasteiger partial charge in [-0.2, -0.15) is 0 Å². The van der Waals surface area contributed by atoms with Crippen molar-refractivity contribution in [3.8, 4) is 0 Å². The molecule has 160 valence electrons. The highest BCUT2D eigenvalue weighted by atomic mass is 35.5. The third-order valence-corrected chi connectivity index (χ3v) is 5.20. The standard InChI is InChI=1S/C21H29ClFN2O3P/c22-20-15-18(16-24-11-5-13-28-29(26)27)9-10-21(20)25-12-3-1-2-6-17-7-4-8-19(23)14-17/h4,7-10,14-15,24-25,29H,1-3,5-6,11-13,16H2,(H,26,27). The van der Waals surface area contributed by atoms with Gasteiger partial charge in [-0.15, -0.1) is 0 Å². The highest BCUT2D eigenvalue weighted by Gasteiger charge is 2.02. The van der Waals surface area contributed by atoms with E-state index in [1.807, 2.05) is 24.3 Å². The van der Waals surface area contributed by atoms with Crippen molar-refractivity contribution in [1.29, 1.82) is 0 Å². The first-order valence-corrected chi connectivity index (χ1v) is 11.5. The second-order valence-corrected chi connectivity index (χ2v) is 8.05. The maximum absolute atomic E-state index is 13.1. The summed E-state index contributed by atoms with van der Waals surface area (Å²) in [5.74, 6) is -0.174. The van der Waals surface area contributed by atoms with E-state index in [1.165, 1.54) is 6.07 Å². The third kappa shape index (κ3) is 10.2. The average molecular weight is 443 g/mol. The summed E-state index contributed by atoms with van der Waals surface area (Å²) < 4.78 is 28.2. The number of anilines is 1. The van der Waals surface area contributed by atoms with Crippen LogP contribution in [0.25, 0.3) is 0 Å². The van der Waals surface area contributed by atoms with Crippen molar-refractivity contribution in [2.75, 3.05) is 25.0 Å². The summed E-state index contributed by atoms with van der Waals surface area (Å²) in [7, 11) is -2.83. The molecule has 1 atom stereocenters. The minimum Gasteiger partial charge on any atom is -0.384 e. The van der Waals surface area contributed by atoms with Gasteiger partial charge in [0.1, 0.15) is 5.82 Å². The Labute approximate surface area is 177 Å². The number of unbranched alkanes of at least 4 members (excludes halogenated alkanes) is 2. The number of benzene rings is 2. The Hall–Kier alpha value is -1.43. The molecule has 0 saturated carbocycles. The number of nitrogens with one attached hydrogen (secondary N) is 2. The lowest BCUT2D eigenvalue weighted by molar-refractivity contribution is 0.276. The lowest BCUT2D eigenvalue weighted by Gasteiger charge is -2.11. The highest BCUT2D eigenvalue weighted by Crippen LogP contribution is 2.23. The van der Waals surface area contributed by atoms with Gasteiger partial charge in [0.05, 0.1) is 17.3 Å². The molecule has 0 aliphatic rings. The van der Waals surface area contributed by atoms with E-state index < -0.39 is 8.25 Å². The molecule has 0 aliphatic carbocycles. The van der Waals surface area contributed by atoms with Crippen molar-refractivity contribution < 1.29 is 18.4 Å². The van der Waals surface area contributed by atoms with Crippen LogP contribution in [-0.4, -0.2) is 24.6 Å². The lowest BCUT2D eigenvalue weighted by atomic mass is 10.1. The third-order valence-electron chi connectivity index (χ3n) is 4.43. The maximum Gasteiger partial charge on any atom is 0.316 e. The van der Waals surface area contributed by atoms with E-state index in [0.29, 0.717) is 24.5 Å². The Morgan fingerprint density at radius 2 is 1.90 bits per heavy atom. The first-order valence-electron chi connectivity index (χ1n) is 9.88. The molecule has 2 rings (SSSR count). The Morgan fingerprint density at radius 1 is 1.03 bits per heavy atom. The zero-order chi connectivity index (χ0) is 20.9. The number of aryl methyl sites for hydroxylation is 1. The van der Waals surface area contributed by atoms with Crippen molar-refractivity contribution in [3.05, 3.63) is 64.4 Å². The van der Waals surface area contributed by atoms with Gasteiger partial charge in [0.25, 0.3) is 0 Å². The van der Waals surface area contributed by atoms with Gasteiger partial charge in [0.2, 0.25) is 0 Å². The largest absolute Gasteiger partial charge is 0.384 e. The van der Waals surface area contributed by atoms with E-state index in [-0.39, 0.29) is 12.4 Å². The van der Waals surface area contributed by atoms with Crippen LogP contribution in [0.2, 0.25) is 5.02 Å². The van der Waals surface area contributed by atoms with Gasteiger partial charge < -0.3 is 20.1 Å². The summed E-state index contributed by atoms with van der Waals surface area (Å²) in [4.78, 5) is 8.57. The van der Waals surface area contributed by atoms with E-state index >= 15 is 0 Å². The molecule has 3 N–H and O–H groups in total. The molecule has 0 amide bonds. The molecule has 2 aromatic rings. The van der Waals surface area contributed by atoms with Crippen LogP contribution in [0.15, 0.2) is 42.5 Å². The number of hydrogen-bond acceptors (Lipinski definition) is 4. The predicted molar refractivity (Wildman–Crippen MR) is 117 cm³/mol. The zero-order valence-corrected chi connectivity index (χ0v) is 18.2. The Balaban J connectivity index is 1.59. The average Bonchev–Trinajstić information content (AvgIpc) is 2.68. The fourth-order valence-corrected chi connectivity index (χ4v) is 3.54. The van der Waals surface area contributed by atoms with Crippen LogP contribution in [0.4, 0.5) is 10.1 Å². The SMILES string of the molecule is O=[PH](O)OCCCNCc1ccc(NCCCCCc2cccc(F)c2)c(Cl)c1. The summed E-state index contributed by atoms with van der Waals surface area (Å²) in [6.45, 7) is 2.48. The lowest BCUT2D eigenvalue weighted by Crippen LogP contribution is -2.16. The van der Waals surface area contributed by atoms with E-state index in [9.17, 15) is 8.96 Å². The van der Waals surface area contributed by atoms with Crippen LogP contribution in [0.1, 0.15) is 36.8 Å².